The third kappa shape index (κ3) is 2.18. The molecule has 66 valence electrons. The smallest absolute Gasteiger partial charge is 0.240 e. The summed E-state index contributed by atoms with van der Waals surface area (Å²) in [5.74, 6) is 0. The lowest BCUT2D eigenvalue weighted by Crippen LogP contribution is -2.29. The SMILES string of the molecule is CS(=O)(=O)c1cc(Br)c[n+](O)c1. The number of rotatable bonds is 1. The minimum atomic E-state index is -3.26. The minimum Gasteiger partial charge on any atom is -0.285 e. The van der Waals surface area contributed by atoms with Gasteiger partial charge in [0.05, 0.1) is 4.47 Å². The van der Waals surface area contributed by atoms with Gasteiger partial charge in [-0.25, -0.2) is 8.42 Å². The topological polar surface area (TPSA) is 58.2 Å². The molecular weight excluding hydrogens is 246 g/mol. The van der Waals surface area contributed by atoms with E-state index in [4.69, 9.17) is 5.21 Å². The number of pyridine rings is 1. The zero-order valence-corrected chi connectivity index (χ0v) is 8.63. The summed E-state index contributed by atoms with van der Waals surface area (Å²) >= 11 is 3.06. The zero-order chi connectivity index (χ0) is 9.35. The Morgan fingerprint density at radius 1 is 1.50 bits per heavy atom. The Morgan fingerprint density at radius 3 is 2.50 bits per heavy atom. The quantitative estimate of drug-likeness (QED) is 0.581. The highest BCUT2D eigenvalue weighted by Crippen LogP contribution is 2.12. The van der Waals surface area contributed by atoms with Gasteiger partial charge in [0, 0.05) is 11.0 Å². The molecule has 6 heteroatoms. The molecule has 0 aliphatic carbocycles. The number of halogens is 1. The molecule has 0 saturated carbocycles. The maximum atomic E-state index is 11.0. The maximum Gasteiger partial charge on any atom is 0.240 e. The molecule has 0 saturated heterocycles. The molecule has 12 heavy (non-hydrogen) atoms. The molecule has 0 unspecified atom stereocenters. The van der Waals surface area contributed by atoms with Gasteiger partial charge < -0.3 is 0 Å². The first-order valence-electron chi connectivity index (χ1n) is 3.01. The molecular formula is C6H7BrNO3S+. The number of aromatic nitrogens is 1. The van der Waals surface area contributed by atoms with E-state index in [-0.39, 0.29) is 4.90 Å². The minimum absolute atomic E-state index is 0.0689. The molecule has 0 atom stereocenters. The summed E-state index contributed by atoms with van der Waals surface area (Å²) in [6, 6.07) is 1.42. The number of nitrogens with zero attached hydrogens (tertiary/aromatic N) is 1. The lowest BCUT2D eigenvalue weighted by Gasteiger charge is -1.94. The highest BCUT2D eigenvalue weighted by molar-refractivity contribution is 9.10. The van der Waals surface area contributed by atoms with Gasteiger partial charge in [0.15, 0.2) is 9.84 Å². The number of hydrogen-bond donors (Lipinski definition) is 1. The van der Waals surface area contributed by atoms with E-state index in [1.807, 2.05) is 0 Å². The highest BCUT2D eigenvalue weighted by Gasteiger charge is 2.13. The monoisotopic (exact) mass is 252 g/mol. The molecule has 1 heterocycles. The van der Waals surface area contributed by atoms with Crippen LogP contribution in [0, 0.1) is 0 Å². The lowest BCUT2D eigenvalue weighted by molar-refractivity contribution is -0.906. The van der Waals surface area contributed by atoms with E-state index >= 15 is 0 Å². The maximum absolute atomic E-state index is 11.0. The van der Waals surface area contributed by atoms with E-state index in [0.29, 0.717) is 9.20 Å². The summed E-state index contributed by atoms with van der Waals surface area (Å²) in [5, 5.41) is 8.98. The van der Waals surface area contributed by atoms with Crippen molar-refractivity contribution in [1.29, 1.82) is 0 Å². The van der Waals surface area contributed by atoms with Crippen LogP contribution < -0.4 is 4.73 Å². The first-order valence-corrected chi connectivity index (χ1v) is 5.69. The molecule has 0 amide bonds. The zero-order valence-electron chi connectivity index (χ0n) is 6.23. The van der Waals surface area contributed by atoms with Crippen molar-refractivity contribution in [3.05, 3.63) is 22.9 Å². The number of hydrogen-bond acceptors (Lipinski definition) is 3. The molecule has 0 fully saturated rings. The highest BCUT2D eigenvalue weighted by atomic mass is 79.9. The fourth-order valence-electron chi connectivity index (χ4n) is 0.707. The molecule has 0 spiro atoms. The van der Waals surface area contributed by atoms with Crippen LogP contribution >= 0.6 is 15.9 Å². The number of sulfone groups is 1. The van der Waals surface area contributed by atoms with Gasteiger partial charge in [-0.05, 0) is 22.0 Å². The van der Waals surface area contributed by atoms with Crippen LogP contribution in [0.5, 0.6) is 0 Å². The summed E-state index contributed by atoms with van der Waals surface area (Å²) in [7, 11) is -3.26. The van der Waals surface area contributed by atoms with Crippen LogP contribution in [-0.2, 0) is 9.84 Å². The second-order valence-electron chi connectivity index (χ2n) is 2.34. The van der Waals surface area contributed by atoms with Gasteiger partial charge in [0.1, 0.15) is 4.90 Å². The Kier molecular flexibility index (Phi) is 2.39. The summed E-state index contributed by atoms with van der Waals surface area (Å²) in [4.78, 5) is 0.0689. The Bertz CT molecular complexity index is 381. The van der Waals surface area contributed by atoms with E-state index < -0.39 is 9.84 Å². The molecule has 1 rings (SSSR count). The Balaban J connectivity index is 3.37. The van der Waals surface area contributed by atoms with Crippen LogP contribution in [0.3, 0.4) is 0 Å². The standard InChI is InChI=1S/C6H7BrNO3S/c1-12(10,11)6-2-5(7)3-8(9)4-6/h2-4,9H,1H3/q+1. The van der Waals surface area contributed by atoms with Gasteiger partial charge in [-0.1, -0.05) is 0 Å². The lowest BCUT2D eigenvalue weighted by atomic mass is 10.5. The van der Waals surface area contributed by atoms with Gasteiger partial charge in [0.2, 0.25) is 12.4 Å². The average molecular weight is 253 g/mol. The molecule has 4 nitrogen and oxygen atoms in total. The van der Waals surface area contributed by atoms with E-state index in [1.54, 1.807) is 0 Å². The average Bonchev–Trinajstić information content (AvgIpc) is 1.82. The van der Waals surface area contributed by atoms with Crippen LogP contribution in [0.4, 0.5) is 0 Å². The van der Waals surface area contributed by atoms with Crippen LogP contribution in [0.1, 0.15) is 0 Å². The van der Waals surface area contributed by atoms with E-state index in [1.165, 1.54) is 12.3 Å². The molecule has 0 radical (unpaired) electrons. The van der Waals surface area contributed by atoms with Crippen molar-refractivity contribution in [3.63, 3.8) is 0 Å². The van der Waals surface area contributed by atoms with Gasteiger partial charge in [0.25, 0.3) is 0 Å². The summed E-state index contributed by atoms with van der Waals surface area (Å²) in [5.41, 5.74) is 0. The summed E-state index contributed by atoms with van der Waals surface area (Å²) in [6.07, 6.45) is 3.55. The predicted molar refractivity (Wildman–Crippen MR) is 44.6 cm³/mol. The van der Waals surface area contributed by atoms with Crippen molar-refractivity contribution >= 4 is 25.8 Å². The van der Waals surface area contributed by atoms with Gasteiger partial charge in [-0.15, -0.1) is 0 Å². The summed E-state index contributed by atoms with van der Waals surface area (Å²) < 4.78 is 23.2. The normalized spacial score (nSPS) is 11.5. The first-order chi connectivity index (χ1) is 5.39. The fourth-order valence-corrected chi connectivity index (χ4v) is 1.96. The summed E-state index contributed by atoms with van der Waals surface area (Å²) in [6.45, 7) is 0. The van der Waals surface area contributed by atoms with Crippen molar-refractivity contribution in [2.45, 2.75) is 4.90 Å². The third-order valence-corrected chi connectivity index (χ3v) is 2.74. The van der Waals surface area contributed by atoms with E-state index in [2.05, 4.69) is 15.9 Å². The van der Waals surface area contributed by atoms with Crippen LogP contribution in [0.15, 0.2) is 27.8 Å². The van der Waals surface area contributed by atoms with Crippen molar-refractivity contribution < 1.29 is 18.4 Å². The Labute approximate surface area is 78.5 Å². The molecule has 0 aliphatic rings. The van der Waals surface area contributed by atoms with Gasteiger partial charge in [-0.3, -0.25) is 5.21 Å². The molecule has 0 aliphatic heterocycles. The fraction of sp³-hybridized carbons (Fsp3) is 0.167. The van der Waals surface area contributed by atoms with Crippen LogP contribution in [0.2, 0.25) is 0 Å². The Hall–Kier alpha value is -0.620. The van der Waals surface area contributed by atoms with Gasteiger partial charge >= 0.3 is 0 Å². The van der Waals surface area contributed by atoms with Crippen LogP contribution in [-0.4, -0.2) is 19.9 Å². The van der Waals surface area contributed by atoms with Crippen molar-refractivity contribution in [1.82, 2.24) is 0 Å². The van der Waals surface area contributed by atoms with Crippen molar-refractivity contribution in [2.24, 2.45) is 0 Å². The van der Waals surface area contributed by atoms with E-state index in [0.717, 1.165) is 12.5 Å². The molecule has 0 aromatic carbocycles. The molecule has 1 N–H and O–H groups in total. The van der Waals surface area contributed by atoms with Crippen molar-refractivity contribution in [3.8, 4) is 0 Å². The third-order valence-electron chi connectivity index (χ3n) is 1.22. The van der Waals surface area contributed by atoms with Crippen LogP contribution in [0.25, 0.3) is 0 Å². The molecule has 0 bridgehead atoms. The second kappa shape index (κ2) is 3.02. The largest absolute Gasteiger partial charge is 0.285 e. The van der Waals surface area contributed by atoms with Crippen molar-refractivity contribution in [2.75, 3.05) is 6.26 Å². The predicted octanol–water partition coefficient (Wildman–Crippen LogP) is 0.377. The molecule has 1 aromatic rings. The Morgan fingerprint density at radius 2 is 2.08 bits per heavy atom. The molecule has 1 aromatic heterocycles. The van der Waals surface area contributed by atoms with E-state index in [9.17, 15) is 8.42 Å². The second-order valence-corrected chi connectivity index (χ2v) is 5.27. The van der Waals surface area contributed by atoms with Gasteiger partial charge in [-0.2, -0.15) is 0 Å². The first kappa shape index (κ1) is 9.47.